The molecule has 0 unspecified atom stereocenters. The average Bonchev–Trinajstić information content (AvgIpc) is 3.33. The molecule has 1 aromatic heterocycles. The van der Waals surface area contributed by atoms with Gasteiger partial charge in [-0.2, -0.15) is 0 Å². The molecule has 0 atom stereocenters. The van der Waals surface area contributed by atoms with Crippen LogP contribution in [-0.2, 0) is 13.0 Å². The standard InChI is InChI=1S/C27H25Cl2N3O2/c28-22-5-2-6-23(29)21(22)14-18-8-9-20-24(10-13-32-25(20)15-18)31-12-3-11-30-16-19-4-1-7-26-27(19)34-17-33-26/h1-2,4-10,13,15,30H,3,11-12,14,16-17H2,(H,31,32). The monoisotopic (exact) mass is 493 g/mol. The Kier molecular flexibility index (Phi) is 7.05. The van der Waals surface area contributed by atoms with Crippen molar-refractivity contribution in [3.8, 4) is 11.5 Å². The van der Waals surface area contributed by atoms with Crippen LogP contribution in [0.25, 0.3) is 10.9 Å². The van der Waals surface area contributed by atoms with E-state index in [0.29, 0.717) is 23.3 Å². The highest BCUT2D eigenvalue weighted by Crippen LogP contribution is 2.35. The van der Waals surface area contributed by atoms with E-state index in [4.69, 9.17) is 32.7 Å². The van der Waals surface area contributed by atoms with Gasteiger partial charge in [0.1, 0.15) is 0 Å². The van der Waals surface area contributed by atoms with Gasteiger partial charge in [0.15, 0.2) is 11.5 Å². The van der Waals surface area contributed by atoms with Crippen LogP contribution in [0.1, 0.15) is 23.1 Å². The molecule has 2 heterocycles. The molecule has 0 fully saturated rings. The topological polar surface area (TPSA) is 55.4 Å². The van der Waals surface area contributed by atoms with Crippen LogP contribution in [0.5, 0.6) is 11.5 Å². The maximum Gasteiger partial charge on any atom is 0.231 e. The van der Waals surface area contributed by atoms with Crippen LogP contribution in [-0.4, -0.2) is 24.9 Å². The van der Waals surface area contributed by atoms with Crippen LogP contribution in [0.4, 0.5) is 5.69 Å². The summed E-state index contributed by atoms with van der Waals surface area (Å²) in [4.78, 5) is 4.57. The van der Waals surface area contributed by atoms with Gasteiger partial charge in [0.2, 0.25) is 6.79 Å². The van der Waals surface area contributed by atoms with Crippen LogP contribution >= 0.6 is 23.2 Å². The van der Waals surface area contributed by atoms with Crippen LogP contribution in [0.2, 0.25) is 10.0 Å². The number of hydrogen-bond donors (Lipinski definition) is 2. The highest BCUT2D eigenvalue weighted by molar-refractivity contribution is 6.36. The van der Waals surface area contributed by atoms with Crippen molar-refractivity contribution in [2.75, 3.05) is 25.2 Å². The number of ether oxygens (including phenoxy) is 2. The van der Waals surface area contributed by atoms with Gasteiger partial charge < -0.3 is 20.1 Å². The number of para-hydroxylation sites is 1. The quantitative estimate of drug-likeness (QED) is 0.262. The molecule has 5 rings (SSSR count). The Hall–Kier alpha value is -2.99. The second kappa shape index (κ2) is 10.5. The van der Waals surface area contributed by atoms with Crippen molar-refractivity contribution in [2.45, 2.75) is 19.4 Å². The molecule has 0 spiro atoms. The number of nitrogens with one attached hydrogen (secondary N) is 2. The van der Waals surface area contributed by atoms with Crippen molar-refractivity contribution in [1.82, 2.24) is 10.3 Å². The minimum atomic E-state index is 0.297. The molecule has 174 valence electrons. The third-order valence-corrected chi connectivity index (χ3v) is 6.60. The minimum Gasteiger partial charge on any atom is -0.454 e. The average molecular weight is 494 g/mol. The first kappa shape index (κ1) is 22.8. The Bertz CT molecular complexity index is 1290. The lowest BCUT2D eigenvalue weighted by Gasteiger charge is -2.12. The third-order valence-electron chi connectivity index (χ3n) is 5.89. The predicted molar refractivity (Wildman–Crippen MR) is 138 cm³/mol. The van der Waals surface area contributed by atoms with E-state index in [0.717, 1.165) is 70.8 Å². The fourth-order valence-corrected chi connectivity index (χ4v) is 4.68. The molecule has 4 aromatic rings. The molecule has 1 aliphatic heterocycles. The van der Waals surface area contributed by atoms with E-state index in [1.54, 1.807) is 0 Å². The summed E-state index contributed by atoms with van der Waals surface area (Å²) < 4.78 is 11.0. The highest BCUT2D eigenvalue weighted by atomic mass is 35.5. The Morgan fingerprint density at radius 3 is 2.65 bits per heavy atom. The first-order chi connectivity index (χ1) is 16.7. The zero-order chi connectivity index (χ0) is 23.3. The first-order valence-corrected chi connectivity index (χ1v) is 12.1. The van der Waals surface area contributed by atoms with E-state index >= 15 is 0 Å². The second-order valence-electron chi connectivity index (χ2n) is 8.20. The van der Waals surface area contributed by atoms with Gasteiger partial charge >= 0.3 is 0 Å². The molecule has 0 saturated carbocycles. The van der Waals surface area contributed by atoms with E-state index in [2.05, 4.69) is 39.9 Å². The van der Waals surface area contributed by atoms with Crippen molar-refractivity contribution in [3.63, 3.8) is 0 Å². The number of fused-ring (bicyclic) bond motifs is 2. The van der Waals surface area contributed by atoms with Crippen molar-refractivity contribution in [3.05, 3.63) is 93.6 Å². The van der Waals surface area contributed by atoms with Crippen molar-refractivity contribution in [1.29, 1.82) is 0 Å². The zero-order valence-electron chi connectivity index (χ0n) is 18.6. The lowest BCUT2D eigenvalue weighted by atomic mass is 10.0. The molecule has 2 N–H and O–H groups in total. The molecule has 0 amide bonds. The number of benzene rings is 3. The summed E-state index contributed by atoms with van der Waals surface area (Å²) in [7, 11) is 0. The molecular weight excluding hydrogens is 469 g/mol. The zero-order valence-corrected chi connectivity index (χ0v) is 20.1. The Morgan fingerprint density at radius 1 is 0.912 bits per heavy atom. The fraction of sp³-hybridized carbons (Fsp3) is 0.222. The largest absolute Gasteiger partial charge is 0.454 e. The van der Waals surface area contributed by atoms with Gasteiger partial charge in [0.25, 0.3) is 0 Å². The number of halogens is 2. The maximum absolute atomic E-state index is 6.35. The van der Waals surface area contributed by atoms with Gasteiger partial charge in [0, 0.05) is 52.4 Å². The summed E-state index contributed by atoms with van der Waals surface area (Å²) in [5, 5.41) is 9.50. The molecule has 7 heteroatoms. The van der Waals surface area contributed by atoms with Gasteiger partial charge in [-0.15, -0.1) is 0 Å². The summed E-state index contributed by atoms with van der Waals surface area (Å²) in [6, 6.07) is 19.9. The fourth-order valence-electron chi connectivity index (χ4n) is 4.15. The number of hydrogen-bond acceptors (Lipinski definition) is 5. The van der Waals surface area contributed by atoms with E-state index in [1.165, 1.54) is 0 Å². The van der Waals surface area contributed by atoms with Crippen molar-refractivity contribution < 1.29 is 9.47 Å². The van der Waals surface area contributed by atoms with Gasteiger partial charge in [-0.05, 0) is 54.4 Å². The Labute approximate surface area is 209 Å². The van der Waals surface area contributed by atoms with Gasteiger partial charge in [0.05, 0.1) is 5.52 Å². The van der Waals surface area contributed by atoms with Crippen LogP contribution in [0, 0.1) is 0 Å². The first-order valence-electron chi connectivity index (χ1n) is 11.3. The second-order valence-corrected chi connectivity index (χ2v) is 9.01. The molecule has 5 nitrogen and oxygen atoms in total. The minimum absolute atomic E-state index is 0.297. The summed E-state index contributed by atoms with van der Waals surface area (Å²) in [6.07, 6.45) is 3.49. The normalized spacial score (nSPS) is 12.3. The van der Waals surface area contributed by atoms with Crippen LogP contribution in [0.15, 0.2) is 66.9 Å². The number of aromatic nitrogens is 1. The SMILES string of the molecule is Clc1cccc(Cl)c1Cc1ccc2c(NCCCNCc3cccc4c3OCO4)ccnc2c1. The van der Waals surface area contributed by atoms with Gasteiger partial charge in [-0.1, -0.05) is 53.5 Å². The summed E-state index contributed by atoms with van der Waals surface area (Å²) in [5.74, 6) is 1.68. The predicted octanol–water partition coefficient (Wildman–Crippen LogP) is 6.45. The Balaban J connectivity index is 1.16. The third kappa shape index (κ3) is 5.07. The molecule has 0 aliphatic carbocycles. The van der Waals surface area contributed by atoms with Gasteiger partial charge in [-0.3, -0.25) is 4.98 Å². The number of nitrogens with zero attached hydrogens (tertiary/aromatic N) is 1. The number of anilines is 1. The number of pyridine rings is 1. The maximum atomic E-state index is 6.35. The highest BCUT2D eigenvalue weighted by Gasteiger charge is 2.16. The van der Waals surface area contributed by atoms with Crippen molar-refractivity contribution >= 4 is 39.8 Å². The molecule has 34 heavy (non-hydrogen) atoms. The summed E-state index contributed by atoms with van der Waals surface area (Å²) in [5.41, 5.74) is 5.21. The summed E-state index contributed by atoms with van der Waals surface area (Å²) in [6.45, 7) is 2.80. The molecule has 0 bridgehead atoms. The van der Waals surface area contributed by atoms with E-state index in [-0.39, 0.29) is 0 Å². The lowest BCUT2D eigenvalue weighted by Crippen LogP contribution is -2.18. The molecule has 1 aliphatic rings. The Morgan fingerprint density at radius 2 is 1.76 bits per heavy atom. The van der Waals surface area contributed by atoms with E-state index in [1.807, 2.05) is 42.6 Å². The lowest BCUT2D eigenvalue weighted by molar-refractivity contribution is 0.173. The van der Waals surface area contributed by atoms with Gasteiger partial charge in [-0.25, -0.2) is 0 Å². The van der Waals surface area contributed by atoms with Crippen LogP contribution in [0.3, 0.4) is 0 Å². The smallest absolute Gasteiger partial charge is 0.231 e. The van der Waals surface area contributed by atoms with E-state index in [9.17, 15) is 0 Å². The van der Waals surface area contributed by atoms with Crippen LogP contribution < -0.4 is 20.1 Å². The van der Waals surface area contributed by atoms with Crippen molar-refractivity contribution in [2.24, 2.45) is 0 Å². The number of rotatable bonds is 9. The van der Waals surface area contributed by atoms with E-state index < -0.39 is 0 Å². The molecule has 0 radical (unpaired) electrons. The molecule has 0 saturated heterocycles. The molecular formula is C27H25Cl2N3O2. The summed E-state index contributed by atoms with van der Waals surface area (Å²) >= 11 is 12.7. The molecule has 3 aromatic carbocycles.